The number of allylic oxidation sites excluding steroid dienone is 1. The number of hydrogen-bond donors (Lipinski definition) is 1. The van der Waals surface area contributed by atoms with Crippen LogP contribution in [0.1, 0.15) is 47.5 Å². The van der Waals surface area contributed by atoms with Crippen molar-refractivity contribution in [2.75, 3.05) is 6.61 Å². The Morgan fingerprint density at radius 1 is 1.37 bits per heavy atom. The fourth-order valence-corrected chi connectivity index (χ4v) is 1.27. The summed E-state index contributed by atoms with van der Waals surface area (Å²) in [6, 6.07) is 0. The fourth-order valence-electron chi connectivity index (χ4n) is 1.27. The van der Waals surface area contributed by atoms with Gasteiger partial charge in [0.15, 0.2) is 0 Å². The summed E-state index contributed by atoms with van der Waals surface area (Å²) in [6.07, 6.45) is 2.41. The van der Waals surface area contributed by atoms with Crippen LogP contribution < -0.4 is 5.32 Å². The van der Waals surface area contributed by atoms with Crippen molar-refractivity contribution < 1.29 is 19.1 Å². The number of rotatable bonds is 3. The highest BCUT2D eigenvalue weighted by Gasteiger charge is 2.53. The average Bonchev–Trinajstić information content (AvgIpc) is 2.97. The Balaban J connectivity index is 0.000000982. The summed E-state index contributed by atoms with van der Waals surface area (Å²) < 4.78 is 9.97. The Morgan fingerprint density at radius 2 is 1.84 bits per heavy atom. The Bertz CT molecular complexity index is 327. The maximum Gasteiger partial charge on any atom is 0.408 e. The molecule has 0 saturated heterocycles. The Labute approximate surface area is 115 Å². The molecule has 0 heterocycles. The van der Waals surface area contributed by atoms with E-state index in [0.717, 1.165) is 0 Å². The van der Waals surface area contributed by atoms with Gasteiger partial charge in [-0.25, -0.2) is 9.59 Å². The summed E-state index contributed by atoms with van der Waals surface area (Å²) >= 11 is 0. The van der Waals surface area contributed by atoms with Crippen molar-refractivity contribution in [3.8, 4) is 0 Å². The maximum absolute atomic E-state index is 11.5. The summed E-state index contributed by atoms with van der Waals surface area (Å²) in [5.41, 5.74) is -1.40. The van der Waals surface area contributed by atoms with E-state index in [1.54, 1.807) is 33.8 Å². The van der Waals surface area contributed by atoms with Gasteiger partial charge in [-0.3, -0.25) is 0 Å². The van der Waals surface area contributed by atoms with Crippen LogP contribution >= 0.6 is 0 Å². The van der Waals surface area contributed by atoms with Crippen LogP contribution in [-0.4, -0.2) is 29.8 Å². The van der Waals surface area contributed by atoms with Gasteiger partial charge in [0, 0.05) is 0 Å². The van der Waals surface area contributed by atoms with Crippen molar-refractivity contribution in [1.29, 1.82) is 0 Å². The molecule has 0 aromatic rings. The molecule has 0 bridgehead atoms. The van der Waals surface area contributed by atoms with E-state index in [9.17, 15) is 9.59 Å². The molecule has 5 heteroatoms. The van der Waals surface area contributed by atoms with E-state index in [-0.39, 0.29) is 5.97 Å². The minimum Gasteiger partial charge on any atom is -0.464 e. The molecule has 0 spiro atoms. The molecular weight excluding hydrogens is 246 g/mol. The molecule has 0 aromatic carbocycles. The molecule has 1 N–H and O–H groups in total. The molecule has 0 aliphatic heterocycles. The summed E-state index contributed by atoms with van der Waals surface area (Å²) in [4.78, 5) is 23.0. The van der Waals surface area contributed by atoms with E-state index < -0.39 is 17.2 Å². The molecule has 1 saturated carbocycles. The number of ether oxygens (including phenoxy) is 2. The van der Waals surface area contributed by atoms with Gasteiger partial charge >= 0.3 is 12.1 Å². The number of amides is 1. The third kappa shape index (κ3) is 6.84. The van der Waals surface area contributed by atoms with E-state index >= 15 is 0 Å². The molecule has 1 fully saturated rings. The van der Waals surface area contributed by atoms with Crippen LogP contribution in [0, 0.1) is 0 Å². The molecule has 0 unspecified atom stereocenters. The number of hydrogen-bond acceptors (Lipinski definition) is 4. The highest BCUT2D eigenvalue weighted by molar-refractivity contribution is 5.88. The van der Waals surface area contributed by atoms with E-state index in [4.69, 9.17) is 9.47 Å². The van der Waals surface area contributed by atoms with Gasteiger partial charge in [-0.05, 0) is 47.5 Å². The molecule has 110 valence electrons. The zero-order valence-electron chi connectivity index (χ0n) is 12.5. The summed E-state index contributed by atoms with van der Waals surface area (Å²) in [5, 5.41) is 2.57. The van der Waals surface area contributed by atoms with Gasteiger partial charge in [0.25, 0.3) is 0 Å². The molecular formula is C14H25NO4. The molecule has 1 rings (SSSR count). The van der Waals surface area contributed by atoms with E-state index in [1.165, 1.54) is 0 Å². The predicted octanol–water partition coefficient (Wildman–Crippen LogP) is 2.80. The minimum atomic E-state index is -0.835. The highest BCUT2D eigenvalue weighted by Crippen LogP contribution is 2.36. The number of alkyl carbamates (subject to hydrolysis) is 1. The SMILES string of the molecule is C=CC.CCOC(=O)C1(NC(=O)OC(C)(C)C)CC1. The maximum atomic E-state index is 11.5. The standard InChI is InChI=1S/C11H19NO4.C3H6/c1-5-15-8(13)11(6-7-11)12-9(14)16-10(2,3)4;1-3-2/h5-7H2,1-4H3,(H,12,14);3H,1H2,2H3. The van der Waals surface area contributed by atoms with Gasteiger partial charge in [-0.15, -0.1) is 6.58 Å². The van der Waals surface area contributed by atoms with Crippen LogP contribution in [0.2, 0.25) is 0 Å². The second-order valence-electron chi connectivity index (χ2n) is 5.34. The number of esters is 1. The van der Waals surface area contributed by atoms with Gasteiger partial charge in [0.05, 0.1) is 6.61 Å². The normalized spacial score (nSPS) is 15.4. The topological polar surface area (TPSA) is 64.6 Å². The summed E-state index contributed by atoms with van der Waals surface area (Å²) in [7, 11) is 0. The van der Waals surface area contributed by atoms with Crippen LogP contribution in [0.25, 0.3) is 0 Å². The summed E-state index contributed by atoms with van der Waals surface area (Å²) in [6.45, 7) is 12.6. The lowest BCUT2D eigenvalue weighted by Gasteiger charge is -2.22. The van der Waals surface area contributed by atoms with E-state index in [1.807, 2.05) is 6.92 Å². The molecule has 19 heavy (non-hydrogen) atoms. The Morgan fingerprint density at radius 3 is 2.16 bits per heavy atom. The van der Waals surface area contributed by atoms with Crippen molar-refractivity contribution >= 4 is 12.1 Å². The van der Waals surface area contributed by atoms with Gasteiger partial charge in [0.1, 0.15) is 11.1 Å². The number of nitrogens with one attached hydrogen (secondary N) is 1. The van der Waals surface area contributed by atoms with Crippen LogP contribution in [0.3, 0.4) is 0 Å². The van der Waals surface area contributed by atoms with Gasteiger partial charge in [0.2, 0.25) is 0 Å². The molecule has 0 aromatic heterocycles. The van der Waals surface area contributed by atoms with Crippen molar-refractivity contribution in [3.05, 3.63) is 12.7 Å². The second-order valence-corrected chi connectivity index (χ2v) is 5.34. The molecule has 1 aliphatic carbocycles. The van der Waals surface area contributed by atoms with Crippen LogP contribution in [0.15, 0.2) is 12.7 Å². The van der Waals surface area contributed by atoms with Crippen molar-refractivity contribution in [3.63, 3.8) is 0 Å². The first-order chi connectivity index (χ1) is 8.70. The fraction of sp³-hybridized carbons (Fsp3) is 0.714. The lowest BCUT2D eigenvalue weighted by Crippen LogP contribution is -2.46. The molecule has 5 nitrogen and oxygen atoms in total. The first-order valence-corrected chi connectivity index (χ1v) is 6.46. The third-order valence-electron chi connectivity index (χ3n) is 2.16. The largest absolute Gasteiger partial charge is 0.464 e. The molecule has 1 aliphatic rings. The van der Waals surface area contributed by atoms with Crippen molar-refractivity contribution in [2.45, 2.75) is 58.6 Å². The monoisotopic (exact) mass is 271 g/mol. The first-order valence-electron chi connectivity index (χ1n) is 6.46. The Hall–Kier alpha value is -1.52. The van der Waals surface area contributed by atoms with Crippen LogP contribution in [-0.2, 0) is 14.3 Å². The Kier molecular flexibility index (Phi) is 6.59. The number of carbonyl (C=O) groups excluding carboxylic acids is 2. The lowest BCUT2D eigenvalue weighted by atomic mass is 10.2. The van der Waals surface area contributed by atoms with E-state index in [0.29, 0.717) is 19.4 Å². The molecule has 0 radical (unpaired) electrons. The zero-order valence-corrected chi connectivity index (χ0v) is 12.5. The van der Waals surface area contributed by atoms with Crippen molar-refractivity contribution in [1.82, 2.24) is 5.32 Å². The summed E-state index contributed by atoms with van der Waals surface area (Å²) in [5.74, 6) is -0.374. The van der Waals surface area contributed by atoms with Crippen molar-refractivity contribution in [2.24, 2.45) is 0 Å². The first kappa shape index (κ1) is 17.5. The van der Waals surface area contributed by atoms with Gasteiger partial charge in [-0.1, -0.05) is 6.08 Å². The smallest absolute Gasteiger partial charge is 0.408 e. The lowest BCUT2D eigenvalue weighted by molar-refractivity contribution is -0.146. The highest BCUT2D eigenvalue weighted by atomic mass is 16.6. The average molecular weight is 271 g/mol. The minimum absolute atomic E-state index is 0.316. The van der Waals surface area contributed by atoms with Gasteiger partial charge < -0.3 is 14.8 Å². The zero-order chi connectivity index (χ0) is 15.1. The van der Waals surface area contributed by atoms with Gasteiger partial charge in [-0.2, -0.15) is 0 Å². The van der Waals surface area contributed by atoms with E-state index in [2.05, 4.69) is 11.9 Å². The molecule has 0 atom stereocenters. The number of carbonyl (C=O) groups is 2. The van der Waals surface area contributed by atoms with Crippen LogP contribution in [0.4, 0.5) is 4.79 Å². The second kappa shape index (κ2) is 7.16. The predicted molar refractivity (Wildman–Crippen MR) is 73.8 cm³/mol. The quantitative estimate of drug-likeness (QED) is 0.633. The van der Waals surface area contributed by atoms with Crippen LogP contribution in [0.5, 0.6) is 0 Å². The third-order valence-corrected chi connectivity index (χ3v) is 2.16. The molecule has 1 amide bonds.